The summed E-state index contributed by atoms with van der Waals surface area (Å²) in [6, 6.07) is 0. The average Bonchev–Trinajstić information content (AvgIpc) is 1.83. The van der Waals surface area contributed by atoms with Crippen molar-refractivity contribution in [1.29, 1.82) is 0 Å². The second-order valence-corrected chi connectivity index (χ2v) is 5.69. The predicted molar refractivity (Wildman–Crippen MR) is 48.3 cm³/mol. The lowest BCUT2D eigenvalue weighted by Crippen LogP contribution is -2.29. The molecule has 1 atom stereocenters. The van der Waals surface area contributed by atoms with Gasteiger partial charge in [-0.3, -0.25) is 4.57 Å². The first-order valence-corrected chi connectivity index (χ1v) is 6.45. The van der Waals surface area contributed by atoms with Gasteiger partial charge in [-0.25, -0.2) is 0 Å². The maximum atomic E-state index is 11.0. The highest BCUT2D eigenvalue weighted by Crippen LogP contribution is 2.46. The lowest BCUT2D eigenvalue weighted by Gasteiger charge is -2.34. The Morgan fingerprint density at radius 2 is 1.83 bits per heavy atom. The van der Waals surface area contributed by atoms with Crippen molar-refractivity contribution in [3.05, 3.63) is 0 Å². The maximum Gasteiger partial charge on any atom is 0.325 e. The van der Waals surface area contributed by atoms with Crippen LogP contribution in [0.1, 0.15) is 39.0 Å². The summed E-state index contributed by atoms with van der Waals surface area (Å²) in [4.78, 5) is 9.07. The van der Waals surface area contributed by atoms with E-state index in [-0.39, 0.29) is 5.60 Å². The molecule has 1 N–H and O–H groups in total. The van der Waals surface area contributed by atoms with E-state index in [1.165, 1.54) is 13.1 Å². The van der Waals surface area contributed by atoms with Crippen LogP contribution in [0.4, 0.5) is 0 Å². The van der Waals surface area contributed by atoms with Gasteiger partial charge in [0.1, 0.15) is 0 Å². The molecule has 0 heterocycles. The molecule has 0 amide bonds. The van der Waals surface area contributed by atoms with Crippen LogP contribution in [0.15, 0.2) is 0 Å². The van der Waals surface area contributed by atoms with Crippen molar-refractivity contribution >= 4 is 7.60 Å². The van der Waals surface area contributed by atoms with Gasteiger partial charge >= 0.3 is 7.60 Å². The zero-order valence-corrected chi connectivity index (χ0v) is 8.64. The van der Waals surface area contributed by atoms with E-state index in [0.29, 0.717) is 0 Å². The van der Waals surface area contributed by atoms with Crippen LogP contribution in [0, 0.1) is 0 Å². The third kappa shape index (κ3) is 3.26. The minimum absolute atomic E-state index is 0.350. The molecule has 0 bridgehead atoms. The van der Waals surface area contributed by atoms with Gasteiger partial charge in [-0.2, -0.15) is 0 Å². The van der Waals surface area contributed by atoms with E-state index < -0.39 is 7.60 Å². The summed E-state index contributed by atoms with van der Waals surface area (Å²) >= 11 is 0. The standard InChI is InChI=1S/C8H17O3P/c1-8(11-12(2,9)10)6-4-3-5-7-8/h3-7H2,1-2H3,(H,9,10). The topological polar surface area (TPSA) is 46.5 Å². The molecule has 1 fully saturated rings. The van der Waals surface area contributed by atoms with Crippen LogP contribution < -0.4 is 0 Å². The van der Waals surface area contributed by atoms with Crippen LogP contribution in [0.3, 0.4) is 0 Å². The van der Waals surface area contributed by atoms with Crippen LogP contribution >= 0.6 is 7.60 Å². The molecule has 0 aliphatic heterocycles. The van der Waals surface area contributed by atoms with Crippen LogP contribution in [-0.4, -0.2) is 17.2 Å². The van der Waals surface area contributed by atoms with Crippen molar-refractivity contribution in [2.24, 2.45) is 0 Å². The normalized spacial score (nSPS) is 27.9. The molecule has 4 heteroatoms. The number of hydrogen-bond donors (Lipinski definition) is 1. The fourth-order valence-electron chi connectivity index (χ4n) is 1.80. The fourth-order valence-corrected chi connectivity index (χ4v) is 2.80. The quantitative estimate of drug-likeness (QED) is 0.684. The van der Waals surface area contributed by atoms with Gasteiger partial charge in [-0.15, -0.1) is 0 Å². The van der Waals surface area contributed by atoms with Crippen molar-refractivity contribution in [2.75, 3.05) is 6.66 Å². The Labute approximate surface area is 73.7 Å². The van der Waals surface area contributed by atoms with Crippen molar-refractivity contribution in [1.82, 2.24) is 0 Å². The summed E-state index contributed by atoms with van der Waals surface area (Å²) < 4.78 is 16.2. The first-order valence-electron chi connectivity index (χ1n) is 4.42. The number of hydrogen-bond acceptors (Lipinski definition) is 2. The van der Waals surface area contributed by atoms with E-state index >= 15 is 0 Å². The smallest absolute Gasteiger partial charge is 0.324 e. The highest BCUT2D eigenvalue weighted by atomic mass is 31.2. The molecule has 0 saturated heterocycles. The van der Waals surface area contributed by atoms with Gasteiger partial charge in [-0.1, -0.05) is 19.3 Å². The molecule has 72 valence electrons. The molecule has 0 aromatic carbocycles. The van der Waals surface area contributed by atoms with E-state index in [1.54, 1.807) is 0 Å². The predicted octanol–water partition coefficient (Wildman–Crippen LogP) is 2.54. The summed E-state index contributed by atoms with van der Waals surface area (Å²) in [5.74, 6) is 0. The lowest BCUT2D eigenvalue weighted by molar-refractivity contribution is 0.0392. The Hall–Kier alpha value is 0.150. The van der Waals surface area contributed by atoms with E-state index in [9.17, 15) is 4.57 Å². The summed E-state index contributed by atoms with van der Waals surface area (Å²) in [5.41, 5.74) is -0.350. The first kappa shape index (κ1) is 10.2. The Bertz CT molecular complexity index is 190. The van der Waals surface area contributed by atoms with Gasteiger partial charge < -0.3 is 9.42 Å². The molecule has 1 aliphatic carbocycles. The zero-order valence-electron chi connectivity index (χ0n) is 7.75. The minimum atomic E-state index is -3.30. The van der Waals surface area contributed by atoms with Crippen LogP contribution in [-0.2, 0) is 9.09 Å². The Kier molecular flexibility index (Phi) is 2.97. The first-order chi connectivity index (χ1) is 5.41. The molecule has 0 spiro atoms. The minimum Gasteiger partial charge on any atom is -0.324 e. The molecule has 1 unspecified atom stereocenters. The Morgan fingerprint density at radius 1 is 1.33 bits per heavy atom. The van der Waals surface area contributed by atoms with E-state index in [4.69, 9.17) is 9.42 Å². The highest BCUT2D eigenvalue weighted by molar-refractivity contribution is 7.51. The maximum absolute atomic E-state index is 11.0. The Morgan fingerprint density at radius 3 is 2.25 bits per heavy atom. The van der Waals surface area contributed by atoms with Gasteiger partial charge in [0.15, 0.2) is 0 Å². The molecule has 0 aromatic rings. The van der Waals surface area contributed by atoms with Crippen molar-refractivity contribution in [2.45, 2.75) is 44.6 Å². The van der Waals surface area contributed by atoms with Gasteiger partial charge in [0.2, 0.25) is 0 Å². The summed E-state index contributed by atoms with van der Waals surface area (Å²) in [6.07, 6.45) is 5.25. The molecule has 12 heavy (non-hydrogen) atoms. The third-order valence-corrected chi connectivity index (χ3v) is 3.08. The van der Waals surface area contributed by atoms with Crippen LogP contribution in [0.25, 0.3) is 0 Å². The van der Waals surface area contributed by atoms with Gasteiger partial charge in [0.25, 0.3) is 0 Å². The second kappa shape index (κ2) is 3.49. The molecule has 0 aromatic heterocycles. The average molecular weight is 192 g/mol. The summed E-state index contributed by atoms with van der Waals surface area (Å²) in [5, 5.41) is 0. The SMILES string of the molecule is CC1(OP(C)(=O)O)CCCCC1. The molecule has 1 aliphatic rings. The third-order valence-electron chi connectivity index (χ3n) is 2.30. The molecular formula is C8H17O3P. The van der Waals surface area contributed by atoms with Gasteiger partial charge in [0.05, 0.1) is 5.60 Å². The van der Waals surface area contributed by atoms with Gasteiger partial charge in [-0.05, 0) is 19.8 Å². The number of rotatable bonds is 2. The fraction of sp³-hybridized carbons (Fsp3) is 1.00. The van der Waals surface area contributed by atoms with E-state index in [1.807, 2.05) is 6.92 Å². The molecule has 0 radical (unpaired) electrons. The molecule has 3 nitrogen and oxygen atoms in total. The largest absolute Gasteiger partial charge is 0.325 e. The van der Waals surface area contributed by atoms with E-state index in [0.717, 1.165) is 25.7 Å². The van der Waals surface area contributed by atoms with E-state index in [2.05, 4.69) is 0 Å². The summed E-state index contributed by atoms with van der Waals surface area (Å²) in [7, 11) is -3.30. The lowest BCUT2D eigenvalue weighted by atomic mass is 9.87. The monoisotopic (exact) mass is 192 g/mol. The van der Waals surface area contributed by atoms with Crippen LogP contribution in [0.5, 0.6) is 0 Å². The molecule has 1 saturated carbocycles. The summed E-state index contributed by atoms with van der Waals surface area (Å²) in [6.45, 7) is 3.19. The second-order valence-electron chi connectivity index (χ2n) is 3.90. The highest BCUT2D eigenvalue weighted by Gasteiger charge is 2.32. The zero-order chi connectivity index (χ0) is 9.24. The van der Waals surface area contributed by atoms with Crippen LogP contribution in [0.2, 0.25) is 0 Å². The van der Waals surface area contributed by atoms with Crippen molar-refractivity contribution < 1.29 is 14.0 Å². The van der Waals surface area contributed by atoms with Crippen molar-refractivity contribution in [3.63, 3.8) is 0 Å². The molecular weight excluding hydrogens is 175 g/mol. The molecule has 1 rings (SSSR count). The Balaban J connectivity index is 2.53. The van der Waals surface area contributed by atoms with Gasteiger partial charge in [0, 0.05) is 6.66 Å². The van der Waals surface area contributed by atoms with Crippen molar-refractivity contribution in [3.8, 4) is 0 Å².